The maximum absolute atomic E-state index is 11.4. The Hall–Kier alpha value is -3.11. The summed E-state index contributed by atoms with van der Waals surface area (Å²) in [6.07, 6.45) is 1.37. The molecule has 0 spiro atoms. The number of rotatable bonds is 6. The molecule has 1 unspecified atom stereocenters. The van der Waals surface area contributed by atoms with Crippen LogP contribution in [0.4, 0.5) is 0 Å². The first-order valence-corrected chi connectivity index (χ1v) is 10.4. The Balaban J connectivity index is 1.64. The summed E-state index contributed by atoms with van der Waals surface area (Å²) in [7, 11) is 1.67. The Kier molecular flexibility index (Phi) is 6.15. The lowest BCUT2D eigenvalue weighted by atomic mass is 9.90. The van der Waals surface area contributed by atoms with E-state index in [0.717, 1.165) is 18.8 Å². The van der Waals surface area contributed by atoms with E-state index in [9.17, 15) is 9.90 Å². The van der Waals surface area contributed by atoms with Crippen LogP contribution < -0.4 is 4.74 Å². The molecule has 0 amide bonds. The van der Waals surface area contributed by atoms with E-state index in [1.807, 2.05) is 18.2 Å². The number of ether oxygens (including phenoxy) is 1. The zero-order valence-electron chi connectivity index (χ0n) is 17.2. The van der Waals surface area contributed by atoms with Crippen molar-refractivity contribution in [1.29, 1.82) is 0 Å². The number of aliphatic carboxylic acids is 1. The summed E-state index contributed by atoms with van der Waals surface area (Å²) in [4.78, 5) is 13.8. The fraction of sp³-hybridized carbons (Fsp3) is 0.269. The number of piperidine rings is 1. The van der Waals surface area contributed by atoms with Crippen LogP contribution in [0.1, 0.15) is 30.0 Å². The number of hydrogen-bond acceptors (Lipinski definition) is 3. The molecule has 4 nitrogen and oxygen atoms in total. The summed E-state index contributed by atoms with van der Waals surface area (Å²) in [5.41, 5.74) is 4.80. The van der Waals surface area contributed by atoms with Crippen molar-refractivity contribution in [2.24, 2.45) is 5.92 Å². The Bertz CT molecular complexity index is 959. The van der Waals surface area contributed by atoms with Gasteiger partial charge in [-0.25, -0.2) is 0 Å². The first-order chi connectivity index (χ1) is 14.7. The molecule has 4 heteroatoms. The summed E-state index contributed by atoms with van der Waals surface area (Å²) >= 11 is 0. The highest BCUT2D eigenvalue weighted by molar-refractivity contribution is 5.70. The van der Waals surface area contributed by atoms with E-state index in [-0.39, 0.29) is 12.0 Å². The van der Waals surface area contributed by atoms with Crippen LogP contribution in [0.25, 0.3) is 11.1 Å². The molecule has 0 saturated carbocycles. The molecule has 0 radical (unpaired) electrons. The van der Waals surface area contributed by atoms with Crippen LogP contribution in [-0.4, -0.2) is 36.2 Å². The van der Waals surface area contributed by atoms with Gasteiger partial charge in [-0.15, -0.1) is 0 Å². The zero-order chi connectivity index (χ0) is 20.9. The molecule has 0 aromatic heterocycles. The molecule has 1 atom stereocenters. The molecule has 1 heterocycles. The Morgan fingerprint density at radius 3 is 1.93 bits per heavy atom. The smallest absolute Gasteiger partial charge is 0.306 e. The molecule has 4 rings (SSSR count). The summed E-state index contributed by atoms with van der Waals surface area (Å²) in [5, 5.41) is 9.36. The van der Waals surface area contributed by atoms with Crippen LogP contribution in [0.15, 0.2) is 78.9 Å². The van der Waals surface area contributed by atoms with Crippen molar-refractivity contribution >= 4 is 5.97 Å². The van der Waals surface area contributed by atoms with E-state index in [0.29, 0.717) is 12.8 Å². The minimum Gasteiger partial charge on any atom is -0.497 e. The third-order valence-electron chi connectivity index (χ3n) is 6.01. The minimum absolute atomic E-state index is 0.0930. The highest BCUT2D eigenvalue weighted by Gasteiger charge is 2.30. The van der Waals surface area contributed by atoms with Crippen molar-refractivity contribution in [1.82, 2.24) is 4.90 Å². The number of carboxylic acids is 1. The number of carbonyl (C=O) groups is 1. The van der Waals surface area contributed by atoms with Crippen molar-refractivity contribution in [3.8, 4) is 16.9 Å². The predicted molar refractivity (Wildman–Crippen MR) is 119 cm³/mol. The van der Waals surface area contributed by atoms with E-state index in [1.165, 1.54) is 22.3 Å². The van der Waals surface area contributed by atoms with Gasteiger partial charge in [0.1, 0.15) is 5.75 Å². The first kappa shape index (κ1) is 20.2. The largest absolute Gasteiger partial charge is 0.497 e. The summed E-state index contributed by atoms with van der Waals surface area (Å²) < 4.78 is 5.33. The summed E-state index contributed by atoms with van der Waals surface area (Å²) in [6, 6.07) is 27.4. The zero-order valence-corrected chi connectivity index (χ0v) is 17.2. The fourth-order valence-corrected chi connectivity index (χ4v) is 4.29. The fourth-order valence-electron chi connectivity index (χ4n) is 4.29. The van der Waals surface area contributed by atoms with Crippen LogP contribution in [0.2, 0.25) is 0 Å². The van der Waals surface area contributed by atoms with Gasteiger partial charge in [-0.2, -0.15) is 0 Å². The number of methoxy groups -OCH3 is 1. The van der Waals surface area contributed by atoms with Gasteiger partial charge < -0.3 is 9.84 Å². The van der Waals surface area contributed by atoms with Gasteiger partial charge in [0.15, 0.2) is 0 Å². The maximum atomic E-state index is 11.4. The monoisotopic (exact) mass is 401 g/mol. The first-order valence-electron chi connectivity index (χ1n) is 10.4. The standard InChI is InChI=1S/C26H27NO3/c1-30-24-13-11-22(12-14-24)25(27-17-15-23(16-18-27)26(28)29)21-9-7-20(8-10-21)19-5-3-2-4-6-19/h2-14,23,25H,15-18H2,1H3,(H,28,29). The maximum Gasteiger partial charge on any atom is 0.306 e. The molecule has 0 bridgehead atoms. The van der Waals surface area contributed by atoms with Gasteiger partial charge in [0.25, 0.3) is 0 Å². The number of likely N-dealkylation sites (tertiary alicyclic amines) is 1. The van der Waals surface area contributed by atoms with Gasteiger partial charge >= 0.3 is 5.97 Å². The second-order valence-corrected chi connectivity index (χ2v) is 7.81. The molecule has 3 aromatic rings. The van der Waals surface area contributed by atoms with E-state index in [2.05, 4.69) is 65.6 Å². The number of nitrogens with zero attached hydrogens (tertiary/aromatic N) is 1. The molecule has 1 aliphatic rings. The Morgan fingerprint density at radius 1 is 0.867 bits per heavy atom. The van der Waals surface area contributed by atoms with Crippen LogP contribution in [0, 0.1) is 5.92 Å². The summed E-state index contributed by atoms with van der Waals surface area (Å²) in [5.74, 6) is -0.0809. The van der Waals surface area contributed by atoms with Gasteiger partial charge in [0, 0.05) is 0 Å². The molecule has 1 fully saturated rings. The van der Waals surface area contributed by atoms with Crippen molar-refractivity contribution in [2.45, 2.75) is 18.9 Å². The lowest BCUT2D eigenvalue weighted by molar-refractivity contribution is -0.143. The molecule has 1 N–H and O–H groups in total. The van der Waals surface area contributed by atoms with Gasteiger partial charge in [0.2, 0.25) is 0 Å². The van der Waals surface area contributed by atoms with Gasteiger partial charge in [-0.3, -0.25) is 9.69 Å². The number of hydrogen-bond donors (Lipinski definition) is 1. The normalized spacial score (nSPS) is 16.2. The highest BCUT2D eigenvalue weighted by atomic mass is 16.5. The van der Waals surface area contributed by atoms with Crippen LogP contribution in [0.3, 0.4) is 0 Å². The molecule has 154 valence electrons. The van der Waals surface area contributed by atoms with Crippen molar-refractivity contribution < 1.29 is 14.6 Å². The van der Waals surface area contributed by atoms with Crippen molar-refractivity contribution in [3.63, 3.8) is 0 Å². The minimum atomic E-state index is -0.678. The number of carboxylic acid groups (broad SMARTS) is 1. The van der Waals surface area contributed by atoms with Gasteiger partial charge in [0.05, 0.1) is 19.1 Å². The Labute approximate surface area is 177 Å². The number of benzene rings is 3. The van der Waals surface area contributed by atoms with E-state index >= 15 is 0 Å². The molecular weight excluding hydrogens is 374 g/mol. The quantitative estimate of drug-likeness (QED) is 0.613. The average Bonchev–Trinajstić information content (AvgIpc) is 2.81. The summed E-state index contributed by atoms with van der Waals surface area (Å²) in [6.45, 7) is 1.54. The molecule has 1 aliphatic heterocycles. The predicted octanol–water partition coefficient (Wildman–Crippen LogP) is 5.25. The Morgan fingerprint density at radius 2 is 1.40 bits per heavy atom. The lowest BCUT2D eigenvalue weighted by Crippen LogP contribution is -2.39. The van der Waals surface area contributed by atoms with Gasteiger partial charge in [-0.05, 0) is 60.3 Å². The second kappa shape index (κ2) is 9.14. The van der Waals surface area contributed by atoms with Crippen molar-refractivity contribution in [2.75, 3.05) is 20.2 Å². The molecule has 0 aliphatic carbocycles. The van der Waals surface area contributed by atoms with E-state index in [4.69, 9.17) is 4.74 Å². The van der Waals surface area contributed by atoms with Crippen LogP contribution in [0.5, 0.6) is 5.75 Å². The van der Waals surface area contributed by atoms with Gasteiger partial charge in [-0.1, -0.05) is 66.7 Å². The SMILES string of the molecule is COc1ccc(C(c2ccc(-c3ccccc3)cc2)N2CCC(C(=O)O)CC2)cc1. The van der Waals surface area contributed by atoms with E-state index < -0.39 is 5.97 Å². The van der Waals surface area contributed by atoms with Crippen molar-refractivity contribution in [3.05, 3.63) is 90.0 Å². The van der Waals surface area contributed by atoms with Crippen LogP contribution in [-0.2, 0) is 4.79 Å². The second-order valence-electron chi connectivity index (χ2n) is 7.81. The lowest BCUT2D eigenvalue weighted by Gasteiger charge is -2.37. The molecule has 30 heavy (non-hydrogen) atoms. The molecular formula is C26H27NO3. The average molecular weight is 402 g/mol. The topological polar surface area (TPSA) is 49.8 Å². The van der Waals surface area contributed by atoms with E-state index in [1.54, 1.807) is 7.11 Å². The third kappa shape index (κ3) is 4.39. The highest BCUT2D eigenvalue weighted by Crippen LogP contribution is 2.34. The van der Waals surface area contributed by atoms with Crippen LogP contribution >= 0.6 is 0 Å². The third-order valence-corrected chi connectivity index (χ3v) is 6.01. The molecule has 1 saturated heterocycles. The molecule has 3 aromatic carbocycles.